The predicted molar refractivity (Wildman–Crippen MR) is 101 cm³/mol. The summed E-state index contributed by atoms with van der Waals surface area (Å²) < 4.78 is 13.3. The van der Waals surface area contributed by atoms with E-state index in [2.05, 4.69) is 5.32 Å². The van der Waals surface area contributed by atoms with E-state index < -0.39 is 0 Å². The van der Waals surface area contributed by atoms with Crippen molar-refractivity contribution in [2.75, 3.05) is 13.6 Å². The van der Waals surface area contributed by atoms with Gasteiger partial charge in [0.05, 0.1) is 6.54 Å². The number of carbonyl (C=O) groups excluding carboxylic acids is 1. The molecule has 1 heterocycles. The number of nitrogens with one attached hydrogen (secondary N) is 1. The zero-order valence-corrected chi connectivity index (χ0v) is 15.8. The van der Waals surface area contributed by atoms with Gasteiger partial charge in [0, 0.05) is 28.8 Å². The second kappa shape index (κ2) is 9.77. The fourth-order valence-corrected chi connectivity index (χ4v) is 3.37. The van der Waals surface area contributed by atoms with E-state index in [1.54, 1.807) is 17.4 Å². The molecular formula is C18H24ClFN2OS. The first-order valence-corrected chi connectivity index (χ1v) is 8.61. The summed E-state index contributed by atoms with van der Waals surface area (Å²) in [7, 11) is 1.84. The van der Waals surface area contributed by atoms with E-state index in [9.17, 15) is 9.18 Å². The van der Waals surface area contributed by atoms with Gasteiger partial charge in [-0.1, -0.05) is 12.1 Å². The molecular weight excluding hydrogens is 347 g/mol. The predicted octanol–water partition coefficient (Wildman–Crippen LogP) is 4.32. The van der Waals surface area contributed by atoms with Gasteiger partial charge < -0.3 is 10.2 Å². The first-order valence-electron chi connectivity index (χ1n) is 7.80. The summed E-state index contributed by atoms with van der Waals surface area (Å²) in [5, 5.41) is 3.01. The molecule has 0 aliphatic carbocycles. The van der Waals surface area contributed by atoms with Gasteiger partial charge >= 0.3 is 0 Å². The Bertz CT molecular complexity index is 660. The number of halogens is 2. The molecule has 0 aliphatic heterocycles. The summed E-state index contributed by atoms with van der Waals surface area (Å²) in [5.74, 6) is -0.0847. The maximum absolute atomic E-state index is 13.3. The van der Waals surface area contributed by atoms with Gasteiger partial charge in [-0.15, -0.1) is 23.7 Å². The van der Waals surface area contributed by atoms with E-state index in [0.717, 1.165) is 15.3 Å². The van der Waals surface area contributed by atoms with Crippen LogP contribution in [0.1, 0.15) is 25.1 Å². The van der Waals surface area contributed by atoms with E-state index in [1.807, 2.05) is 44.0 Å². The average molecular weight is 371 g/mol. The monoisotopic (exact) mass is 370 g/mol. The molecule has 0 atom stereocenters. The van der Waals surface area contributed by atoms with Crippen molar-refractivity contribution < 1.29 is 9.18 Å². The molecule has 0 unspecified atom stereocenters. The quantitative estimate of drug-likeness (QED) is 0.787. The second-order valence-corrected chi connectivity index (χ2v) is 6.91. The highest BCUT2D eigenvalue weighted by Gasteiger charge is 2.17. The molecule has 2 rings (SSSR count). The number of amides is 1. The lowest BCUT2D eigenvalue weighted by Gasteiger charge is -2.26. The minimum atomic E-state index is -0.233. The Morgan fingerprint density at radius 1 is 1.29 bits per heavy atom. The van der Waals surface area contributed by atoms with Gasteiger partial charge in [0.1, 0.15) is 5.82 Å². The molecule has 1 N–H and O–H groups in total. The molecule has 24 heavy (non-hydrogen) atoms. The van der Waals surface area contributed by atoms with Gasteiger partial charge in [0.25, 0.3) is 0 Å². The van der Waals surface area contributed by atoms with Gasteiger partial charge in [0.15, 0.2) is 0 Å². The summed E-state index contributed by atoms with van der Waals surface area (Å²) in [5.41, 5.74) is 0.874. The first-order chi connectivity index (χ1) is 11.0. The number of carbonyl (C=O) groups is 1. The van der Waals surface area contributed by atoms with Crippen LogP contribution in [0.15, 0.2) is 36.4 Å². The highest BCUT2D eigenvalue weighted by atomic mass is 35.5. The molecule has 0 spiro atoms. The van der Waals surface area contributed by atoms with Crippen molar-refractivity contribution in [1.29, 1.82) is 0 Å². The van der Waals surface area contributed by atoms with Gasteiger partial charge in [-0.3, -0.25) is 4.79 Å². The van der Waals surface area contributed by atoms with Crippen LogP contribution < -0.4 is 5.32 Å². The van der Waals surface area contributed by atoms with Crippen LogP contribution in [0.25, 0.3) is 10.4 Å². The maximum Gasteiger partial charge on any atom is 0.224 e. The Balaban J connectivity index is 0.00000288. The molecule has 1 aromatic carbocycles. The molecule has 0 radical (unpaired) electrons. The zero-order valence-electron chi connectivity index (χ0n) is 14.2. The van der Waals surface area contributed by atoms with Crippen LogP contribution in [0.3, 0.4) is 0 Å². The molecule has 3 nitrogen and oxygen atoms in total. The van der Waals surface area contributed by atoms with Gasteiger partial charge in [-0.05, 0) is 50.7 Å². The SMILES string of the molecule is CNCCC(=O)N(Cc1ccc(-c2cccc(F)c2)s1)C(C)C.Cl. The lowest BCUT2D eigenvalue weighted by atomic mass is 10.2. The zero-order chi connectivity index (χ0) is 16.8. The van der Waals surface area contributed by atoms with Crippen LogP contribution in [0.4, 0.5) is 4.39 Å². The molecule has 0 saturated heterocycles. The Labute approximate surface area is 153 Å². The summed E-state index contributed by atoms with van der Waals surface area (Å²) in [4.78, 5) is 16.3. The summed E-state index contributed by atoms with van der Waals surface area (Å²) >= 11 is 1.61. The minimum absolute atomic E-state index is 0. The number of hydrogen-bond acceptors (Lipinski definition) is 3. The Morgan fingerprint density at radius 3 is 2.67 bits per heavy atom. The molecule has 0 bridgehead atoms. The van der Waals surface area contributed by atoms with E-state index >= 15 is 0 Å². The van der Waals surface area contributed by atoms with E-state index in [-0.39, 0.29) is 30.2 Å². The second-order valence-electron chi connectivity index (χ2n) is 5.75. The molecule has 0 saturated carbocycles. The summed E-state index contributed by atoms with van der Waals surface area (Å²) in [6, 6.07) is 10.8. The molecule has 6 heteroatoms. The van der Waals surface area contributed by atoms with Crippen LogP contribution >= 0.6 is 23.7 Å². The van der Waals surface area contributed by atoms with Crippen molar-refractivity contribution in [2.45, 2.75) is 32.9 Å². The number of benzene rings is 1. The van der Waals surface area contributed by atoms with E-state index in [0.29, 0.717) is 19.5 Å². The summed E-state index contributed by atoms with van der Waals surface area (Å²) in [6.07, 6.45) is 0.497. The van der Waals surface area contributed by atoms with Gasteiger partial charge in [0.2, 0.25) is 5.91 Å². The van der Waals surface area contributed by atoms with Crippen molar-refractivity contribution in [3.05, 3.63) is 47.1 Å². The van der Waals surface area contributed by atoms with Crippen molar-refractivity contribution in [3.8, 4) is 10.4 Å². The Morgan fingerprint density at radius 2 is 2.04 bits per heavy atom. The molecule has 1 amide bonds. The Kier molecular flexibility index (Phi) is 8.39. The van der Waals surface area contributed by atoms with Crippen LogP contribution in [-0.4, -0.2) is 30.4 Å². The third-order valence-corrected chi connectivity index (χ3v) is 4.75. The molecule has 1 aromatic heterocycles. The highest BCUT2D eigenvalue weighted by Crippen LogP contribution is 2.29. The van der Waals surface area contributed by atoms with Crippen molar-refractivity contribution in [3.63, 3.8) is 0 Å². The highest BCUT2D eigenvalue weighted by molar-refractivity contribution is 7.15. The van der Waals surface area contributed by atoms with Crippen LogP contribution in [0.2, 0.25) is 0 Å². The van der Waals surface area contributed by atoms with Crippen molar-refractivity contribution in [2.24, 2.45) is 0 Å². The molecule has 0 fully saturated rings. The van der Waals surface area contributed by atoms with Gasteiger partial charge in [-0.25, -0.2) is 4.39 Å². The Hall–Kier alpha value is -1.43. The van der Waals surface area contributed by atoms with Crippen LogP contribution in [0, 0.1) is 5.82 Å². The third-order valence-electron chi connectivity index (χ3n) is 3.63. The fraction of sp³-hybridized carbons (Fsp3) is 0.389. The topological polar surface area (TPSA) is 32.3 Å². The third kappa shape index (κ3) is 5.58. The lowest BCUT2D eigenvalue weighted by molar-refractivity contribution is -0.133. The van der Waals surface area contributed by atoms with Gasteiger partial charge in [-0.2, -0.15) is 0 Å². The van der Waals surface area contributed by atoms with Crippen molar-refractivity contribution in [1.82, 2.24) is 10.2 Å². The van der Waals surface area contributed by atoms with Crippen LogP contribution in [0.5, 0.6) is 0 Å². The standard InChI is InChI=1S/C18H23FN2OS.ClH/c1-13(2)21(18(22)9-10-20-3)12-16-7-8-17(23-16)14-5-4-6-15(19)11-14;/h4-8,11,13,20H,9-10,12H2,1-3H3;1H. The average Bonchev–Trinajstić information content (AvgIpc) is 2.98. The molecule has 132 valence electrons. The molecule has 0 aliphatic rings. The fourth-order valence-electron chi connectivity index (χ4n) is 2.36. The van der Waals surface area contributed by atoms with Crippen LogP contribution in [-0.2, 0) is 11.3 Å². The van der Waals surface area contributed by atoms with E-state index in [4.69, 9.17) is 0 Å². The van der Waals surface area contributed by atoms with E-state index in [1.165, 1.54) is 12.1 Å². The smallest absolute Gasteiger partial charge is 0.224 e. The minimum Gasteiger partial charge on any atom is -0.335 e. The largest absolute Gasteiger partial charge is 0.335 e. The number of hydrogen-bond donors (Lipinski definition) is 1. The normalized spacial score (nSPS) is 10.5. The first kappa shape index (κ1) is 20.6. The number of thiophene rings is 1. The summed E-state index contributed by atoms with van der Waals surface area (Å²) in [6.45, 7) is 5.33. The number of nitrogens with zero attached hydrogens (tertiary/aromatic N) is 1. The molecule has 2 aromatic rings. The van der Waals surface area contributed by atoms with Crippen molar-refractivity contribution >= 4 is 29.7 Å². The maximum atomic E-state index is 13.3. The lowest BCUT2D eigenvalue weighted by Crippen LogP contribution is -2.37. The number of rotatable bonds is 7.